The number of thiazole rings is 1. The van der Waals surface area contributed by atoms with Gasteiger partial charge in [-0.15, -0.1) is 11.3 Å². The highest BCUT2D eigenvalue weighted by atomic mass is 32.1. The van der Waals surface area contributed by atoms with E-state index in [4.69, 9.17) is 4.74 Å². The normalized spacial score (nSPS) is 19.0. The number of hydrogen-bond acceptors (Lipinski definition) is 5. The van der Waals surface area contributed by atoms with Gasteiger partial charge in [0, 0.05) is 18.2 Å². The average molecular weight is 317 g/mol. The minimum atomic E-state index is -0.0131. The van der Waals surface area contributed by atoms with Crippen LogP contribution in [0.15, 0.2) is 29.8 Å². The van der Waals surface area contributed by atoms with Crippen molar-refractivity contribution >= 4 is 17.2 Å². The molecule has 0 aliphatic carbocycles. The van der Waals surface area contributed by atoms with E-state index in [9.17, 15) is 4.79 Å². The van der Waals surface area contributed by atoms with Crippen molar-refractivity contribution in [3.05, 3.63) is 35.5 Å². The van der Waals surface area contributed by atoms with E-state index in [2.05, 4.69) is 15.3 Å². The molecular formula is C16H19N3O2S. The third-order valence-corrected chi connectivity index (χ3v) is 4.60. The molecule has 22 heavy (non-hydrogen) atoms. The van der Waals surface area contributed by atoms with E-state index in [0.29, 0.717) is 6.42 Å². The number of pyridine rings is 1. The van der Waals surface area contributed by atoms with E-state index in [-0.39, 0.29) is 18.1 Å². The second-order valence-corrected chi connectivity index (χ2v) is 6.30. The maximum Gasteiger partial charge on any atom is 0.226 e. The summed E-state index contributed by atoms with van der Waals surface area (Å²) in [6.07, 6.45) is 4.27. The van der Waals surface area contributed by atoms with Gasteiger partial charge in [0.1, 0.15) is 5.01 Å². The zero-order chi connectivity index (χ0) is 15.4. The molecule has 6 heteroatoms. The summed E-state index contributed by atoms with van der Waals surface area (Å²) >= 11 is 1.51. The predicted molar refractivity (Wildman–Crippen MR) is 85.6 cm³/mol. The number of aromatic nitrogens is 2. The number of nitrogens with zero attached hydrogens (tertiary/aromatic N) is 2. The summed E-state index contributed by atoms with van der Waals surface area (Å²) in [6, 6.07) is 5.77. The number of rotatable bonds is 5. The minimum Gasteiger partial charge on any atom is -0.376 e. The fraction of sp³-hybridized carbons (Fsp3) is 0.438. The Morgan fingerprint density at radius 1 is 1.55 bits per heavy atom. The van der Waals surface area contributed by atoms with Crippen LogP contribution in [0.4, 0.5) is 0 Å². The molecule has 1 aliphatic rings. The van der Waals surface area contributed by atoms with Gasteiger partial charge in [-0.25, -0.2) is 4.98 Å². The monoisotopic (exact) mass is 317 g/mol. The van der Waals surface area contributed by atoms with E-state index < -0.39 is 0 Å². The molecule has 1 N–H and O–H groups in total. The van der Waals surface area contributed by atoms with Crippen LogP contribution in [0, 0.1) is 0 Å². The lowest BCUT2D eigenvalue weighted by Gasteiger charge is -2.19. The number of nitrogens with one attached hydrogen (secondary N) is 1. The van der Waals surface area contributed by atoms with Crippen LogP contribution in [-0.2, 0) is 16.0 Å². The lowest BCUT2D eigenvalue weighted by Crippen LogP contribution is -2.41. The first-order valence-corrected chi connectivity index (χ1v) is 8.37. The molecule has 0 spiro atoms. The average Bonchev–Trinajstić information content (AvgIpc) is 3.19. The van der Waals surface area contributed by atoms with Crippen molar-refractivity contribution in [1.29, 1.82) is 0 Å². The molecule has 2 atom stereocenters. The molecule has 0 aromatic carbocycles. The van der Waals surface area contributed by atoms with Gasteiger partial charge in [-0.2, -0.15) is 0 Å². The number of hydrogen-bond donors (Lipinski definition) is 1. The number of carbonyl (C=O) groups excluding carboxylic acids is 1. The third-order valence-electron chi connectivity index (χ3n) is 3.69. The van der Waals surface area contributed by atoms with Crippen LogP contribution in [0.5, 0.6) is 0 Å². The van der Waals surface area contributed by atoms with Crippen LogP contribution >= 0.6 is 11.3 Å². The Labute approximate surface area is 133 Å². The standard InChI is InChI=1S/C16H19N3O2S/c1-11(14-6-4-8-21-14)18-15(20)9-12-10-22-16(19-12)13-5-2-3-7-17-13/h2-3,5,7,10-11,14H,4,6,8-9H2,1H3,(H,18,20)/t11-,14-/m1/s1. The molecule has 0 saturated carbocycles. The van der Waals surface area contributed by atoms with Crippen LogP contribution in [-0.4, -0.2) is 34.6 Å². The van der Waals surface area contributed by atoms with Gasteiger partial charge in [0.15, 0.2) is 0 Å². The number of amides is 1. The molecule has 0 unspecified atom stereocenters. The van der Waals surface area contributed by atoms with Crippen LogP contribution in [0.1, 0.15) is 25.5 Å². The summed E-state index contributed by atoms with van der Waals surface area (Å²) in [5, 5.41) is 5.76. The van der Waals surface area contributed by atoms with Gasteiger partial charge in [0.2, 0.25) is 5.91 Å². The fourth-order valence-electron chi connectivity index (χ4n) is 2.55. The zero-order valence-corrected chi connectivity index (χ0v) is 13.3. The SMILES string of the molecule is C[C@@H](NC(=O)Cc1csc(-c2ccccn2)n1)[C@H]1CCCO1. The molecular weight excluding hydrogens is 298 g/mol. The summed E-state index contributed by atoms with van der Waals surface area (Å²) < 4.78 is 5.59. The lowest BCUT2D eigenvalue weighted by atomic mass is 10.1. The maximum absolute atomic E-state index is 12.1. The van der Waals surface area contributed by atoms with Gasteiger partial charge in [-0.05, 0) is 31.9 Å². The first-order valence-electron chi connectivity index (χ1n) is 7.49. The first-order chi connectivity index (χ1) is 10.7. The Balaban J connectivity index is 1.57. The second-order valence-electron chi connectivity index (χ2n) is 5.44. The molecule has 3 heterocycles. The van der Waals surface area contributed by atoms with Crippen molar-refractivity contribution in [3.63, 3.8) is 0 Å². The summed E-state index contributed by atoms with van der Waals surface area (Å²) in [7, 11) is 0. The molecule has 3 rings (SSSR count). The van der Waals surface area contributed by atoms with E-state index in [0.717, 1.165) is 35.8 Å². The Kier molecular flexibility index (Phi) is 4.80. The third kappa shape index (κ3) is 3.69. The highest BCUT2D eigenvalue weighted by Gasteiger charge is 2.23. The van der Waals surface area contributed by atoms with E-state index >= 15 is 0 Å². The van der Waals surface area contributed by atoms with Crippen molar-refractivity contribution in [2.24, 2.45) is 0 Å². The van der Waals surface area contributed by atoms with Gasteiger partial charge < -0.3 is 10.1 Å². The lowest BCUT2D eigenvalue weighted by molar-refractivity contribution is -0.121. The van der Waals surface area contributed by atoms with Gasteiger partial charge >= 0.3 is 0 Å². The van der Waals surface area contributed by atoms with Crippen LogP contribution in [0.2, 0.25) is 0 Å². The van der Waals surface area contributed by atoms with Crippen molar-refractivity contribution in [3.8, 4) is 10.7 Å². The van der Waals surface area contributed by atoms with Gasteiger partial charge in [0.25, 0.3) is 0 Å². The fourth-order valence-corrected chi connectivity index (χ4v) is 3.35. The summed E-state index contributed by atoms with van der Waals surface area (Å²) in [4.78, 5) is 20.9. The van der Waals surface area contributed by atoms with E-state index in [1.165, 1.54) is 11.3 Å². The molecule has 2 aromatic heterocycles. The number of carbonyl (C=O) groups is 1. The molecule has 116 valence electrons. The van der Waals surface area contributed by atoms with Crippen molar-refractivity contribution in [1.82, 2.24) is 15.3 Å². The van der Waals surface area contributed by atoms with Crippen molar-refractivity contribution in [2.75, 3.05) is 6.61 Å². The molecule has 1 fully saturated rings. The van der Waals surface area contributed by atoms with Gasteiger partial charge in [-0.3, -0.25) is 9.78 Å². The van der Waals surface area contributed by atoms with Crippen molar-refractivity contribution in [2.45, 2.75) is 38.3 Å². The Morgan fingerprint density at radius 2 is 2.45 bits per heavy atom. The first kappa shape index (κ1) is 15.1. The largest absolute Gasteiger partial charge is 0.376 e. The molecule has 0 bridgehead atoms. The Morgan fingerprint density at radius 3 is 3.18 bits per heavy atom. The van der Waals surface area contributed by atoms with Gasteiger partial charge in [-0.1, -0.05) is 6.07 Å². The number of ether oxygens (including phenoxy) is 1. The topological polar surface area (TPSA) is 64.1 Å². The Bertz CT molecular complexity index is 623. The van der Waals surface area contributed by atoms with Gasteiger partial charge in [0.05, 0.1) is 30.0 Å². The summed E-state index contributed by atoms with van der Waals surface area (Å²) in [6.45, 7) is 2.79. The van der Waals surface area contributed by atoms with Crippen molar-refractivity contribution < 1.29 is 9.53 Å². The molecule has 0 radical (unpaired) electrons. The zero-order valence-electron chi connectivity index (χ0n) is 12.5. The highest BCUT2D eigenvalue weighted by molar-refractivity contribution is 7.13. The van der Waals surface area contributed by atoms with E-state index in [1.807, 2.05) is 30.5 Å². The van der Waals surface area contributed by atoms with Crippen LogP contribution in [0.3, 0.4) is 0 Å². The smallest absolute Gasteiger partial charge is 0.226 e. The van der Waals surface area contributed by atoms with Crippen LogP contribution < -0.4 is 5.32 Å². The Hall–Kier alpha value is -1.79. The maximum atomic E-state index is 12.1. The van der Waals surface area contributed by atoms with E-state index in [1.54, 1.807) is 6.20 Å². The summed E-state index contributed by atoms with van der Waals surface area (Å²) in [5.74, 6) is -0.0131. The quantitative estimate of drug-likeness (QED) is 0.920. The van der Waals surface area contributed by atoms with Crippen LogP contribution in [0.25, 0.3) is 10.7 Å². The highest BCUT2D eigenvalue weighted by Crippen LogP contribution is 2.21. The molecule has 2 aromatic rings. The molecule has 1 saturated heterocycles. The molecule has 1 amide bonds. The summed E-state index contributed by atoms with van der Waals surface area (Å²) in [5.41, 5.74) is 1.62. The predicted octanol–water partition coefficient (Wildman–Crippen LogP) is 2.43. The minimum absolute atomic E-state index is 0.0131. The molecule has 1 aliphatic heterocycles. The second kappa shape index (κ2) is 6.98. The molecule has 5 nitrogen and oxygen atoms in total.